The second-order valence-electron chi connectivity index (χ2n) is 4.60. The number of carbonyl (C=O) groups is 1. The zero-order valence-corrected chi connectivity index (χ0v) is 9.93. The largest absolute Gasteiger partial charge is 0.396 e. The number of aliphatic hydroxyl groups is 1. The van der Waals surface area contributed by atoms with Crippen LogP contribution < -0.4 is 0 Å². The predicted molar refractivity (Wildman–Crippen MR) is 59.7 cm³/mol. The minimum Gasteiger partial charge on any atom is -0.396 e. The van der Waals surface area contributed by atoms with Gasteiger partial charge in [-0.3, -0.25) is 4.79 Å². The third kappa shape index (κ3) is 2.53. The molecule has 0 radical (unpaired) electrons. The molecule has 1 aliphatic rings. The number of aldehydes is 1. The van der Waals surface area contributed by atoms with Crippen LogP contribution in [-0.2, 0) is 17.7 Å². The van der Waals surface area contributed by atoms with Crippen molar-refractivity contribution in [3.63, 3.8) is 0 Å². The summed E-state index contributed by atoms with van der Waals surface area (Å²) in [6, 6.07) is 0. The monoisotopic (exact) mass is 239 g/mol. The molecule has 0 saturated heterocycles. The third-order valence-electron chi connectivity index (χ3n) is 3.30. The quantitative estimate of drug-likeness (QED) is 0.680. The van der Waals surface area contributed by atoms with Gasteiger partial charge in [0.25, 0.3) is 0 Å². The van der Waals surface area contributed by atoms with E-state index in [0.717, 1.165) is 18.5 Å². The van der Waals surface area contributed by atoms with Gasteiger partial charge in [0, 0.05) is 18.9 Å². The smallest absolute Gasteiger partial charge is 0.172 e. The van der Waals surface area contributed by atoms with Crippen molar-refractivity contribution in [1.82, 2.24) is 15.0 Å². The number of rotatable bonds is 7. The second-order valence-corrected chi connectivity index (χ2v) is 4.60. The molecular formula is C11H17N3O3. The van der Waals surface area contributed by atoms with Gasteiger partial charge in [-0.2, -0.15) is 0 Å². The van der Waals surface area contributed by atoms with E-state index in [-0.39, 0.29) is 12.0 Å². The van der Waals surface area contributed by atoms with Gasteiger partial charge < -0.3 is 9.84 Å². The van der Waals surface area contributed by atoms with Gasteiger partial charge in [0.15, 0.2) is 6.29 Å². The fourth-order valence-corrected chi connectivity index (χ4v) is 1.88. The number of methoxy groups -OCH3 is 1. The lowest BCUT2D eigenvalue weighted by atomic mass is 10.1. The van der Waals surface area contributed by atoms with Crippen LogP contribution in [0.25, 0.3) is 0 Å². The Morgan fingerprint density at radius 2 is 2.35 bits per heavy atom. The lowest BCUT2D eigenvalue weighted by molar-refractivity contribution is 0.111. The first-order valence-electron chi connectivity index (χ1n) is 5.72. The summed E-state index contributed by atoms with van der Waals surface area (Å²) in [5.74, 6) is 0. The Labute approximate surface area is 99.6 Å². The van der Waals surface area contributed by atoms with Gasteiger partial charge in [0.1, 0.15) is 5.69 Å². The van der Waals surface area contributed by atoms with E-state index in [1.807, 2.05) is 0 Å². The zero-order chi connectivity index (χ0) is 12.3. The maximum absolute atomic E-state index is 10.8. The predicted octanol–water partition coefficient (Wildman–Crippen LogP) is 0.0520. The van der Waals surface area contributed by atoms with Crippen LogP contribution in [0.15, 0.2) is 0 Å². The van der Waals surface area contributed by atoms with Crippen LogP contribution >= 0.6 is 0 Å². The molecule has 94 valence electrons. The first kappa shape index (κ1) is 12.2. The molecule has 1 aromatic rings. The molecule has 6 heteroatoms. The van der Waals surface area contributed by atoms with Crippen molar-refractivity contribution < 1.29 is 14.6 Å². The molecular weight excluding hydrogens is 222 g/mol. The summed E-state index contributed by atoms with van der Waals surface area (Å²) in [5.41, 5.74) is 1.12. The van der Waals surface area contributed by atoms with Crippen molar-refractivity contribution in [2.45, 2.75) is 25.8 Å². The highest BCUT2D eigenvalue weighted by Crippen LogP contribution is 2.46. The van der Waals surface area contributed by atoms with E-state index in [1.165, 1.54) is 0 Å². The normalized spacial score (nSPS) is 17.1. The Balaban J connectivity index is 2.15. The zero-order valence-electron chi connectivity index (χ0n) is 9.93. The first-order valence-corrected chi connectivity index (χ1v) is 5.72. The summed E-state index contributed by atoms with van der Waals surface area (Å²) in [6.45, 7) is 1.32. The maximum Gasteiger partial charge on any atom is 0.172 e. The average molecular weight is 239 g/mol. The Morgan fingerprint density at radius 1 is 1.59 bits per heavy atom. The van der Waals surface area contributed by atoms with E-state index < -0.39 is 0 Å². The van der Waals surface area contributed by atoms with Crippen molar-refractivity contribution >= 4 is 6.29 Å². The van der Waals surface area contributed by atoms with Gasteiger partial charge in [-0.15, -0.1) is 5.10 Å². The van der Waals surface area contributed by atoms with E-state index in [1.54, 1.807) is 11.8 Å². The number of hydrogen-bond acceptors (Lipinski definition) is 5. The van der Waals surface area contributed by atoms with Crippen LogP contribution in [0.1, 0.15) is 29.0 Å². The molecule has 1 aliphatic carbocycles. The van der Waals surface area contributed by atoms with Crippen molar-refractivity contribution in [2.24, 2.45) is 5.41 Å². The molecule has 0 amide bonds. The highest BCUT2D eigenvalue weighted by atomic mass is 16.5. The highest BCUT2D eigenvalue weighted by molar-refractivity contribution is 5.73. The molecule has 6 nitrogen and oxygen atoms in total. The fourth-order valence-electron chi connectivity index (χ4n) is 1.88. The summed E-state index contributed by atoms with van der Waals surface area (Å²) < 4.78 is 6.74. The van der Waals surface area contributed by atoms with E-state index in [0.29, 0.717) is 31.6 Å². The lowest BCUT2D eigenvalue weighted by Gasteiger charge is -2.13. The van der Waals surface area contributed by atoms with Crippen LogP contribution in [0.5, 0.6) is 0 Å². The molecule has 17 heavy (non-hydrogen) atoms. The maximum atomic E-state index is 10.8. The van der Waals surface area contributed by atoms with Crippen molar-refractivity contribution in [1.29, 1.82) is 0 Å². The van der Waals surface area contributed by atoms with Gasteiger partial charge in [0.05, 0.1) is 25.5 Å². The minimum absolute atomic E-state index is 0.0460. The summed E-state index contributed by atoms with van der Waals surface area (Å²) in [7, 11) is 1.62. The molecule has 2 rings (SSSR count). The molecule has 1 heterocycles. The van der Waals surface area contributed by atoms with Crippen molar-refractivity contribution in [2.75, 3.05) is 20.3 Å². The van der Waals surface area contributed by atoms with Crippen molar-refractivity contribution in [3.05, 3.63) is 11.4 Å². The van der Waals surface area contributed by atoms with E-state index in [9.17, 15) is 9.90 Å². The van der Waals surface area contributed by atoms with Crippen LogP contribution in [0.4, 0.5) is 0 Å². The summed E-state index contributed by atoms with van der Waals surface area (Å²) in [5, 5.41) is 17.1. The number of aliphatic hydroxyl groups excluding tert-OH is 1. The molecule has 0 atom stereocenters. The second kappa shape index (κ2) is 4.93. The van der Waals surface area contributed by atoms with E-state index in [2.05, 4.69) is 10.3 Å². The Kier molecular flexibility index (Phi) is 3.54. The number of nitrogens with zero attached hydrogens (tertiary/aromatic N) is 3. The van der Waals surface area contributed by atoms with Gasteiger partial charge in [-0.05, 0) is 12.8 Å². The SMILES string of the molecule is COCCc1c(C=O)nnn1CC1(CO)CC1. The minimum atomic E-state index is -0.0460. The number of ether oxygens (including phenoxy) is 1. The van der Waals surface area contributed by atoms with Gasteiger partial charge in [-0.25, -0.2) is 4.68 Å². The molecule has 1 saturated carbocycles. The average Bonchev–Trinajstić information content (AvgIpc) is 3.02. The van der Waals surface area contributed by atoms with E-state index in [4.69, 9.17) is 4.74 Å². The first-order chi connectivity index (χ1) is 8.24. The Morgan fingerprint density at radius 3 is 2.88 bits per heavy atom. The molecule has 1 aromatic heterocycles. The molecule has 0 aromatic carbocycles. The molecule has 0 aliphatic heterocycles. The summed E-state index contributed by atoms with van der Waals surface area (Å²) in [6.07, 6.45) is 3.33. The van der Waals surface area contributed by atoms with Crippen LogP contribution in [0.3, 0.4) is 0 Å². The Bertz CT molecular complexity index is 399. The van der Waals surface area contributed by atoms with Crippen LogP contribution in [-0.4, -0.2) is 46.7 Å². The highest BCUT2D eigenvalue weighted by Gasteiger charge is 2.43. The Hall–Kier alpha value is -1.27. The van der Waals surface area contributed by atoms with Gasteiger partial charge >= 0.3 is 0 Å². The lowest BCUT2D eigenvalue weighted by Crippen LogP contribution is -2.19. The topological polar surface area (TPSA) is 77.2 Å². The van der Waals surface area contributed by atoms with Crippen LogP contribution in [0, 0.1) is 5.41 Å². The number of aromatic nitrogens is 3. The number of carbonyl (C=O) groups excluding carboxylic acids is 1. The standard InChI is InChI=1S/C11H17N3O3/c1-17-5-2-10-9(6-15)12-13-14(10)7-11(8-16)3-4-11/h6,16H,2-5,7-8H2,1H3. The van der Waals surface area contributed by atoms with Crippen molar-refractivity contribution in [3.8, 4) is 0 Å². The number of hydrogen-bond donors (Lipinski definition) is 1. The molecule has 1 N–H and O–H groups in total. The summed E-state index contributed by atoms with van der Waals surface area (Å²) >= 11 is 0. The van der Waals surface area contributed by atoms with Crippen LogP contribution in [0.2, 0.25) is 0 Å². The molecule has 1 fully saturated rings. The van der Waals surface area contributed by atoms with E-state index >= 15 is 0 Å². The molecule has 0 unspecified atom stereocenters. The molecule has 0 spiro atoms. The fraction of sp³-hybridized carbons (Fsp3) is 0.727. The summed E-state index contributed by atoms with van der Waals surface area (Å²) in [4.78, 5) is 10.8. The molecule has 0 bridgehead atoms. The third-order valence-corrected chi connectivity index (χ3v) is 3.30. The van der Waals surface area contributed by atoms with Gasteiger partial charge in [0.2, 0.25) is 0 Å². The van der Waals surface area contributed by atoms with Gasteiger partial charge in [-0.1, -0.05) is 5.21 Å².